The molecule has 2 heteroatoms. The van der Waals surface area contributed by atoms with Crippen molar-refractivity contribution in [1.29, 1.82) is 0 Å². The van der Waals surface area contributed by atoms with Crippen molar-refractivity contribution >= 4 is 0 Å². The minimum absolute atomic E-state index is 0.154. The molecule has 0 aliphatic rings. The van der Waals surface area contributed by atoms with Gasteiger partial charge in [-0.2, -0.15) is 0 Å². The van der Waals surface area contributed by atoms with E-state index in [2.05, 4.69) is 53.7 Å². The van der Waals surface area contributed by atoms with Gasteiger partial charge >= 0.3 is 0 Å². The fourth-order valence-corrected chi connectivity index (χ4v) is 3.32. The molecule has 0 aliphatic carbocycles. The van der Waals surface area contributed by atoms with Crippen LogP contribution in [-0.2, 0) is 10.8 Å². The number of rotatable bonds is 1. The van der Waals surface area contributed by atoms with E-state index < -0.39 is 0 Å². The predicted molar refractivity (Wildman–Crippen MR) is 102 cm³/mol. The normalized spacial score (nSPS) is 12.5. The van der Waals surface area contributed by atoms with Gasteiger partial charge in [0.15, 0.2) is 0 Å². The lowest BCUT2D eigenvalue weighted by molar-refractivity contribution is 0.423. The summed E-state index contributed by atoms with van der Waals surface area (Å²) in [6.45, 7) is 16.8. The van der Waals surface area contributed by atoms with Crippen LogP contribution in [0.4, 0.5) is 0 Å². The van der Waals surface area contributed by atoms with E-state index in [-0.39, 0.29) is 10.8 Å². The molecule has 0 saturated carbocycles. The highest BCUT2D eigenvalue weighted by Crippen LogP contribution is 2.43. The summed E-state index contributed by atoms with van der Waals surface area (Å²) in [4.78, 5) is 0. The van der Waals surface area contributed by atoms with Crippen LogP contribution < -0.4 is 0 Å². The van der Waals surface area contributed by atoms with Gasteiger partial charge in [0.2, 0.25) is 0 Å². The maximum absolute atomic E-state index is 10.9. The number of phenols is 2. The fraction of sp³-hybridized carbons (Fsp3) is 0.455. The Balaban J connectivity index is 2.87. The number of hydrogen-bond acceptors (Lipinski definition) is 2. The SMILES string of the molecule is Cc1cc(O)cc(C)c1-c1cc(C(C)(C)C)c(O)c(C(C)(C)C)c1. The summed E-state index contributed by atoms with van der Waals surface area (Å²) >= 11 is 0. The smallest absolute Gasteiger partial charge is 0.123 e. The van der Waals surface area contributed by atoms with E-state index in [4.69, 9.17) is 0 Å². The van der Waals surface area contributed by atoms with Gasteiger partial charge in [-0.15, -0.1) is 0 Å². The Kier molecular flexibility index (Phi) is 4.47. The van der Waals surface area contributed by atoms with E-state index in [0.717, 1.165) is 33.4 Å². The molecule has 0 spiro atoms. The van der Waals surface area contributed by atoms with E-state index in [1.165, 1.54) is 0 Å². The van der Waals surface area contributed by atoms with Crippen LogP contribution in [0, 0.1) is 13.8 Å². The van der Waals surface area contributed by atoms with Gasteiger partial charge in [-0.25, -0.2) is 0 Å². The summed E-state index contributed by atoms with van der Waals surface area (Å²) < 4.78 is 0. The van der Waals surface area contributed by atoms with Crippen LogP contribution in [-0.4, -0.2) is 10.2 Å². The fourth-order valence-electron chi connectivity index (χ4n) is 3.32. The molecule has 2 rings (SSSR count). The first-order valence-corrected chi connectivity index (χ1v) is 8.51. The summed E-state index contributed by atoms with van der Waals surface area (Å²) in [6, 6.07) is 7.78. The molecule has 0 heterocycles. The molecule has 0 unspecified atom stereocenters. The first kappa shape index (κ1) is 18.4. The number of hydrogen-bond donors (Lipinski definition) is 2. The molecule has 0 radical (unpaired) electrons. The molecule has 0 aromatic heterocycles. The van der Waals surface area contributed by atoms with Gasteiger partial charge < -0.3 is 10.2 Å². The first-order valence-electron chi connectivity index (χ1n) is 8.51. The second-order valence-electron chi connectivity index (χ2n) is 8.87. The van der Waals surface area contributed by atoms with Gasteiger partial charge in [-0.3, -0.25) is 0 Å². The van der Waals surface area contributed by atoms with Gasteiger partial charge in [-0.1, -0.05) is 41.5 Å². The van der Waals surface area contributed by atoms with Crippen LogP contribution in [0.1, 0.15) is 63.8 Å². The molecule has 0 fully saturated rings. The lowest BCUT2D eigenvalue weighted by Gasteiger charge is -2.29. The average Bonchev–Trinajstić information content (AvgIpc) is 2.36. The number of benzene rings is 2. The second-order valence-corrected chi connectivity index (χ2v) is 8.87. The lowest BCUT2D eigenvalue weighted by Crippen LogP contribution is -2.17. The molecular weight excluding hydrogens is 296 g/mol. The minimum Gasteiger partial charge on any atom is -0.508 e. The van der Waals surface area contributed by atoms with E-state index in [0.29, 0.717) is 11.5 Å². The Morgan fingerprint density at radius 2 is 1.04 bits per heavy atom. The second kappa shape index (κ2) is 5.84. The van der Waals surface area contributed by atoms with Crippen molar-refractivity contribution in [3.63, 3.8) is 0 Å². The predicted octanol–water partition coefficient (Wildman–Crippen LogP) is 5.98. The molecule has 2 aromatic carbocycles. The Morgan fingerprint density at radius 3 is 1.38 bits per heavy atom. The third kappa shape index (κ3) is 3.43. The summed E-state index contributed by atoms with van der Waals surface area (Å²) in [5, 5.41) is 20.7. The van der Waals surface area contributed by atoms with Gasteiger partial charge in [0, 0.05) is 11.1 Å². The molecular formula is C22H30O2. The topological polar surface area (TPSA) is 40.5 Å². The number of aromatic hydroxyl groups is 2. The third-order valence-corrected chi connectivity index (χ3v) is 4.53. The highest BCUT2D eigenvalue weighted by molar-refractivity contribution is 5.75. The van der Waals surface area contributed by atoms with E-state index in [9.17, 15) is 10.2 Å². The van der Waals surface area contributed by atoms with Crippen LogP contribution in [0.25, 0.3) is 11.1 Å². The standard InChI is InChI=1S/C22H30O2/c1-13-9-16(23)10-14(2)19(13)15-11-17(21(3,4)5)20(24)18(12-15)22(6,7)8/h9-12,23-24H,1-8H3. The minimum atomic E-state index is -0.154. The molecule has 0 aliphatic heterocycles. The zero-order valence-electron chi connectivity index (χ0n) is 16.2. The van der Waals surface area contributed by atoms with Crippen LogP contribution in [0.15, 0.2) is 24.3 Å². The van der Waals surface area contributed by atoms with Crippen molar-refractivity contribution in [2.75, 3.05) is 0 Å². The van der Waals surface area contributed by atoms with Gasteiger partial charge in [0.1, 0.15) is 11.5 Å². The molecule has 0 atom stereocenters. The maximum Gasteiger partial charge on any atom is 0.123 e. The van der Waals surface area contributed by atoms with Gasteiger partial charge in [-0.05, 0) is 71.2 Å². The van der Waals surface area contributed by atoms with Crippen molar-refractivity contribution in [1.82, 2.24) is 0 Å². The Hall–Kier alpha value is -1.96. The van der Waals surface area contributed by atoms with Crippen molar-refractivity contribution in [2.45, 2.75) is 66.2 Å². The summed E-state index contributed by atoms with van der Waals surface area (Å²) in [7, 11) is 0. The Bertz CT molecular complexity index is 714. The largest absolute Gasteiger partial charge is 0.508 e. The molecule has 0 saturated heterocycles. The maximum atomic E-state index is 10.9. The zero-order chi connectivity index (χ0) is 18.4. The summed E-state index contributed by atoms with van der Waals surface area (Å²) in [6.07, 6.45) is 0. The molecule has 0 bridgehead atoms. The van der Waals surface area contributed by atoms with Crippen molar-refractivity contribution in [3.8, 4) is 22.6 Å². The van der Waals surface area contributed by atoms with E-state index in [1.54, 1.807) is 12.1 Å². The number of phenolic OH excluding ortho intramolecular Hbond substituents is 2. The highest BCUT2D eigenvalue weighted by atomic mass is 16.3. The molecule has 130 valence electrons. The summed E-state index contributed by atoms with van der Waals surface area (Å²) in [5.74, 6) is 0.687. The number of aryl methyl sites for hydroxylation is 2. The van der Waals surface area contributed by atoms with Crippen LogP contribution in [0.3, 0.4) is 0 Å². The summed E-state index contributed by atoms with van der Waals surface area (Å²) in [5.41, 5.74) is 5.91. The highest BCUT2D eigenvalue weighted by Gasteiger charge is 2.27. The van der Waals surface area contributed by atoms with Crippen LogP contribution >= 0.6 is 0 Å². The van der Waals surface area contributed by atoms with Crippen LogP contribution in [0.2, 0.25) is 0 Å². The van der Waals surface area contributed by atoms with Crippen molar-refractivity contribution < 1.29 is 10.2 Å². The first-order chi connectivity index (χ1) is 10.8. The van der Waals surface area contributed by atoms with Crippen molar-refractivity contribution in [2.24, 2.45) is 0 Å². The Morgan fingerprint density at radius 1 is 0.667 bits per heavy atom. The monoisotopic (exact) mass is 326 g/mol. The molecule has 2 nitrogen and oxygen atoms in total. The lowest BCUT2D eigenvalue weighted by atomic mass is 9.77. The van der Waals surface area contributed by atoms with Crippen LogP contribution in [0.5, 0.6) is 11.5 Å². The molecule has 24 heavy (non-hydrogen) atoms. The quantitative estimate of drug-likeness (QED) is 0.677. The molecule has 0 amide bonds. The Labute approximate surface area is 146 Å². The zero-order valence-corrected chi connectivity index (χ0v) is 16.2. The molecule has 2 N–H and O–H groups in total. The van der Waals surface area contributed by atoms with E-state index >= 15 is 0 Å². The molecule has 2 aromatic rings. The average molecular weight is 326 g/mol. The third-order valence-electron chi connectivity index (χ3n) is 4.53. The van der Waals surface area contributed by atoms with Crippen molar-refractivity contribution in [3.05, 3.63) is 46.5 Å². The van der Waals surface area contributed by atoms with Gasteiger partial charge in [0.25, 0.3) is 0 Å². The van der Waals surface area contributed by atoms with Gasteiger partial charge in [0.05, 0.1) is 0 Å². The van der Waals surface area contributed by atoms with E-state index in [1.807, 2.05) is 13.8 Å².